The van der Waals surface area contributed by atoms with E-state index in [4.69, 9.17) is 4.74 Å². The number of nitrogens with one attached hydrogen (secondary N) is 1. The molecule has 8 nitrogen and oxygen atoms in total. The van der Waals surface area contributed by atoms with Gasteiger partial charge in [-0.2, -0.15) is 0 Å². The number of aliphatic carboxylic acids is 1. The van der Waals surface area contributed by atoms with E-state index in [0.717, 1.165) is 27.2 Å². The number of amides is 2. The number of alkyl carbamates (subject to hydrolysis) is 1. The molecule has 2 amide bonds. The van der Waals surface area contributed by atoms with Crippen molar-refractivity contribution in [2.75, 3.05) is 13.2 Å². The molecular weight excluding hydrogens is 412 g/mol. The lowest BCUT2D eigenvalue weighted by Gasteiger charge is -2.32. The molecule has 0 unspecified atom stereocenters. The fourth-order valence-electron chi connectivity index (χ4n) is 4.57. The molecule has 0 bridgehead atoms. The number of benzene rings is 2. The summed E-state index contributed by atoms with van der Waals surface area (Å²) in [5.74, 6) is -1.89. The third kappa shape index (κ3) is 3.93. The molecule has 1 saturated heterocycles. The van der Waals surface area contributed by atoms with Crippen molar-refractivity contribution in [1.82, 2.24) is 10.2 Å². The lowest BCUT2D eigenvalue weighted by atomic mass is 9.98. The molecule has 4 rings (SSSR count). The molecule has 3 N–H and O–H groups in total. The van der Waals surface area contributed by atoms with Crippen LogP contribution in [0.2, 0.25) is 0 Å². The third-order valence-electron chi connectivity index (χ3n) is 6.12. The molecule has 2 aliphatic rings. The van der Waals surface area contributed by atoms with Crippen LogP contribution in [0, 0.1) is 0 Å². The second-order valence-corrected chi connectivity index (χ2v) is 8.78. The molecule has 2 aromatic rings. The SMILES string of the molecule is CC(C)(NC(=O)OCC1c2ccccc2-c2ccccc21)C(=O)N1C[C@H](O)C[C@@H]1C(=O)O. The predicted octanol–water partition coefficient (Wildman–Crippen LogP) is 2.35. The Morgan fingerprint density at radius 2 is 1.62 bits per heavy atom. The summed E-state index contributed by atoms with van der Waals surface area (Å²) < 4.78 is 5.50. The summed E-state index contributed by atoms with van der Waals surface area (Å²) in [5, 5.41) is 21.7. The molecule has 2 atom stereocenters. The molecule has 8 heteroatoms. The molecule has 32 heavy (non-hydrogen) atoms. The Bertz CT molecular complexity index is 1020. The summed E-state index contributed by atoms with van der Waals surface area (Å²) >= 11 is 0. The van der Waals surface area contributed by atoms with Crippen molar-refractivity contribution < 1.29 is 29.3 Å². The highest BCUT2D eigenvalue weighted by Gasteiger charge is 2.44. The monoisotopic (exact) mass is 438 g/mol. The number of carboxylic acid groups (broad SMARTS) is 1. The van der Waals surface area contributed by atoms with E-state index in [1.54, 1.807) is 0 Å². The Morgan fingerprint density at radius 3 is 2.19 bits per heavy atom. The van der Waals surface area contributed by atoms with E-state index in [-0.39, 0.29) is 25.5 Å². The predicted molar refractivity (Wildman–Crippen MR) is 116 cm³/mol. The van der Waals surface area contributed by atoms with Crippen LogP contribution in [0.25, 0.3) is 11.1 Å². The van der Waals surface area contributed by atoms with Crippen molar-refractivity contribution >= 4 is 18.0 Å². The molecule has 0 aromatic heterocycles. The maximum atomic E-state index is 12.9. The van der Waals surface area contributed by atoms with Crippen molar-refractivity contribution in [1.29, 1.82) is 0 Å². The van der Waals surface area contributed by atoms with Gasteiger partial charge in [0.15, 0.2) is 0 Å². The third-order valence-corrected chi connectivity index (χ3v) is 6.12. The molecule has 2 aromatic carbocycles. The van der Waals surface area contributed by atoms with E-state index in [0.29, 0.717) is 0 Å². The topological polar surface area (TPSA) is 116 Å². The zero-order valence-corrected chi connectivity index (χ0v) is 17.9. The molecule has 0 radical (unpaired) electrons. The molecular formula is C24H26N2O6. The number of aliphatic hydroxyl groups is 1. The Kier molecular flexibility index (Phi) is 5.64. The quantitative estimate of drug-likeness (QED) is 0.660. The van der Waals surface area contributed by atoms with Gasteiger partial charge in [0, 0.05) is 18.9 Å². The molecule has 168 valence electrons. The smallest absolute Gasteiger partial charge is 0.408 e. The highest BCUT2D eigenvalue weighted by Crippen LogP contribution is 2.44. The summed E-state index contributed by atoms with van der Waals surface area (Å²) in [7, 11) is 0. The van der Waals surface area contributed by atoms with Crippen LogP contribution in [0.4, 0.5) is 4.79 Å². The highest BCUT2D eigenvalue weighted by atomic mass is 16.5. The minimum Gasteiger partial charge on any atom is -0.480 e. The first-order valence-corrected chi connectivity index (χ1v) is 10.5. The lowest BCUT2D eigenvalue weighted by Crippen LogP contribution is -2.58. The number of aliphatic hydroxyl groups excluding tert-OH is 1. The van der Waals surface area contributed by atoms with Crippen molar-refractivity contribution in [2.24, 2.45) is 0 Å². The molecule has 1 aliphatic heterocycles. The second kappa shape index (κ2) is 8.27. The van der Waals surface area contributed by atoms with Gasteiger partial charge in [-0.25, -0.2) is 9.59 Å². The maximum Gasteiger partial charge on any atom is 0.408 e. The van der Waals surface area contributed by atoms with E-state index in [1.165, 1.54) is 13.8 Å². The van der Waals surface area contributed by atoms with Crippen molar-refractivity contribution in [3.05, 3.63) is 59.7 Å². The van der Waals surface area contributed by atoms with Crippen molar-refractivity contribution in [3.63, 3.8) is 0 Å². The zero-order chi connectivity index (χ0) is 23.0. The first-order valence-electron chi connectivity index (χ1n) is 10.5. The van der Waals surface area contributed by atoms with E-state index < -0.39 is 35.7 Å². The number of hydrogen-bond donors (Lipinski definition) is 3. The van der Waals surface area contributed by atoms with Gasteiger partial charge >= 0.3 is 12.1 Å². The van der Waals surface area contributed by atoms with Gasteiger partial charge in [0.2, 0.25) is 5.91 Å². The molecule has 0 saturated carbocycles. The summed E-state index contributed by atoms with van der Waals surface area (Å²) in [4.78, 5) is 38.0. The fourth-order valence-corrected chi connectivity index (χ4v) is 4.57. The molecule has 1 heterocycles. The number of hydrogen-bond acceptors (Lipinski definition) is 5. The number of carbonyl (C=O) groups excluding carboxylic acids is 2. The van der Waals surface area contributed by atoms with Crippen LogP contribution < -0.4 is 5.32 Å². The van der Waals surface area contributed by atoms with Crippen LogP contribution in [0.15, 0.2) is 48.5 Å². The number of fused-ring (bicyclic) bond motifs is 3. The number of ether oxygens (including phenoxy) is 1. The van der Waals surface area contributed by atoms with Crippen molar-refractivity contribution in [3.8, 4) is 11.1 Å². The minimum absolute atomic E-state index is 0.0396. The van der Waals surface area contributed by atoms with Crippen LogP contribution in [-0.4, -0.2) is 63.9 Å². The maximum absolute atomic E-state index is 12.9. The summed E-state index contributed by atoms with van der Waals surface area (Å²) in [6.45, 7) is 2.98. The normalized spacial score (nSPS) is 19.9. The van der Waals surface area contributed by atoms with Gasteiger partial charge < -0.3 is 25.2 Å². The Labute approximate surface area is 185 Å². The highest BCUT2D eigenvalue weighted by molar-refractivity contribution is 5.92. The number of nitrogens with zero attached hydrogens (tertiary/aromatic N) is 1. The van der Waals surface area contributed by atoms with E-state index in [1.807, 2.05) is 48.5 Å². The zero-order valence-electron chi connectivity index (χ0n) is 17.9. The Balaban J connectivity index is 1.43. The minimum atomic E-state index is -1.40. The van der Waals surface area contributed by atoms with Gasteiger partial charge in [0.1, 0.15) is 18.2 Å². The number of β-amino-alcohol motifs (C(OH)–C–C–N with tert-alkyl or cyclic N) is 1. The van der Waals surface area contributed by atoms with Crippen LogP contribution in [0.1, 0.15) is 37.3 Å². The van der Waals surface area contributed by atoms with Gasteiger partial charge in [-0.1, -0.05) is 48.5 Å². The number of carboxylic acids is 1. The Morgan fingerprint density at radius 1 is 1.06 bits per heavy atom. The van der Waals surface area contributed by atoms with Gasteiger partial charge in [-0.3, -0.25) is 4.79 Å². The van der Waals surface area contributed by atoms with E-state index in [2.05, 4.69) is 5.32 Å². The van der Waals surface area contributed by atoms with Crippen molar-refractivity contribution in [2.45, 2.75) is 43.9 Å². The number of carbonyl (C=O) groups is 3. The van der Waals surface area contributed by atoms with E-state index >= 15 is 0 Å². The lowest BCUT2D eigenvalue weighted by molar-refractivity contribution is -0.150. The first-order chi connectivity index (χ1) is 15.2. The number of rotatable bonds is 5. The van der Waals surface area contributed by atoms with Crippen LogP contribution in [0.5, 0.6) is 0 Å². The summed E-state index contributed by atoms with van der Waals surface area (Å²) in [6.07, 6.45) is -1.72. The second-order valence-electron chi connectivity index (χ2n) is 8.78. The van der Waals surface area contributed by atoms with E-state index in [9.17, 15) is 24.6 Å². The van der Waals surface area contributed by atoms with Gasteiger partial charge in [0.05, 0.1) is 6.10 Å². The summed E-state index contributed by atoms with van der Waals surface area (Å²) in [5.41, 5.74) is 2.97. The Hall–Kier alpha value is -3.39. The van der Waals surface area contributed by atoms with Gasteiger partial charge in [-0.15, -0.1) is 0 Å². The van der Waals surface area contributed by atoms with Crippen LogP contribution in [-0.2, 0) is 14.3 Å². The van der Waals surface area contributed by atoms with Gasteiger partial charge in [0.25, 0.3) is 0 Å². The first kappa shape index (κ1) is 21.8. The molecule has 0 spiro atoms. The fraction of sp³-hybridized carbons (Fsp3) is 0.375. The van der Waals surface area contributed by atoms with Crippen LogP contribution >= 0.6 is 0 Å². The molecule has 1 fully saturated rings. The molecule has 1 aliphatic carbocycles. The summed E-state index contributed by atoms with van der Waals surface area (Å²) in [6, 6.07) is 14.8. The average molecular weight is 438 g/mol. The van der Waals surface area contributed by atoms with Crippen LogP contribution in [0.3, 0.4) is 0 Å². The number of likely N-dealkylation sites (tertiary alicyclic amines) is 1. The van der Waals surface area contributed by atoms with Gasteiger partial charge in [-0.05, 0) is 36.1 Å². The average Bonchev–Trinajstić information content (AvgIpc) is 3.30. The standard InChI is InChI=1S/C24H26N2O6/c1-24(2,22(30)26-12-14(27)11-20(26)21(28)29)25-23(31)32-13-19-17-9-5-3-7-15(17)16-8-4-6-10-18(16)19/h3-10,14,19-20,27H,11-13H2,1-2H3,(H,25,31)(H,28,29)/t14-,20-/m1/s1. The largest absolute Gasteiger partial charge is 0.480 e.